The maximum absolute atomic E-state index is 13.0. The van der Waals surface area contributed by atoms with Crippen molar-refractivity contribution in [3.63, 3.8) is 0 Å². The number of thioether (sulfide) groups is 1. The van der Waals surface area contributed by atoms with Gasteiger partial charge in [0.25, 0.3) is 11.8 Å². The van der Waals surface area contributed by atoms with Crippen molar-refractivity contribution in [2.45, 2.75) is 24.7 Å². The highest BCUT2D eigenvalue weighted by Crippen LogP contribution is 2.42. The molecule has 2 aliphatic rings. The van der Waals surface area contributed by atoms with Crippen LogP contribution in [0.2, 0.25) is 0 Å². The van der Waals surface area contributed by atoms with Gasteiger partial charge in [0, 0.05) is 30.6 Å². The number of nitrogens with zero attached hydrogens (tertiary/aromatic N) is 2. The lowest BCUT2D eigenvalue weighted by Crippen LogP contribution is -2.31. The van der Waals surface area contributed by atoms with Crippen molar-refractivity contribution >= 4 is 35.3 Å². The number of anilines is 1. The van der Waals surface area contributed by atoms with Crippen LogP contribution >= 0.6 is 11.8 Å². The second-order valence-electron chi connectivity index (χ2n) is 7.50. The van der Waals surface area contributed by atoms with Gasteiger partial charge < -0.3 is 19.3 Å². The van der Waals surface area contributed by atoms with Gasteiger partial charge in [0.2, 0.25) is 0 Å². The lowest BCUT2D eigenvalue weighted by atomic mass is 10.1. The predicted octanol–water partition coefficient (Wildman–Crippen LogP) is 4.44. The number of rotatable bonds is 5. The molecule has 31 heavy (non-hydrogen) atoms. The molecule has 0 radical (unpaired) electrons. The first-order chi connectivity index (χ1) is 15.0. The van der Waals surface area contributed by atoms with Crippen LogP contribution in [0.25, 0.3) is 6.08 Å². The Morgan fingerprint density at radius 3 is 2.61 bits per heavy atom. The Hall–Kier alpha value is -2.93. The van der Waals surface area contributed by atoms with E-state index in [1.807, 2.05) is 54.3 Å². The van der Waals surface area contributed by atoms with Gasteiger partial charge in [0.1, 0.15) is 0 Å². The number of carbonyl (C=O) groups is 2. The standard InChI is InChI=1S/C24H26N2O4S/c1-4-30-19-9-7-16(13-20(19)29-3)14-22-24(28)25(2)18-15-17(8-10-21(18)31-22)23(27)26-11-5-6-12-26/h7-10,13-15H,4-6,11-12H2,1-3H3. The average molecular weight is 439 g/mol. The molecule has 0 aliphatic carbocycles. The number of amides is 2. The number of benzene rings is 2. The van der Waals surface area contributed by atoms with Gasteiger partial charge in [-0.25, -0.2) is 0 Å². The largest absolute Gasteiger partial charge is 0.493 e. The van der Waals surface area contributed by atoms with Gasteiger partial charge in [-0.15, -0.1) is 0 Å². The molecule has 0 N–H and O–H groups in total. The van der Waals surface area contributed by atoms with Crippen molar-refractivity contribution in [2.24, 2.45) is 0 Å². The molecule has 2 aromatic rings. The molecule has 162 valence electrons. The number of hydrogen-bond donors (Lipinski definition) is 0. The van der Waals surface area contributed by atoms with Crippen molar-refractivity contribution in [3.8, 4) is 11.5 Å². The molecule has 1 saturated heterocycles. The van der Waals surface area contributed by atoms with E-state index in [1.54, 1.807) is 19.1 Å². The normalized spacial score (nSPS) is 17.1. The summed E-state index contributed by atoms with van der Waals surface area (Å²) in [5, 5.41) is 0. The summed E-state index contributed by atoms with van der Waals surface area (Å²) in [6.45, 7) is 4.08. The molecule has 0 unspecified atom stereocenters. The van der Waals surface area contributed by atoms with E-state index in [4.69, 9.17) is 9.47 Å². The number of carbonyl (C=O) groups excluding carboxylic acids is 2. The summed E-state index contributed by atoms with van der Waals surface area (Å²) < 4.78 is 11.0. The topological polar surface area (TPSA) is 59.1 Å². The molecule has 0 atom stereocenters. The van der Waals surface area contributed by atoms with Crippen LogP contribution in [0.15, 0.2) is 46.2 Å². The molecule has 4 rings (SSSR count). The molecule has 2 heterocycles. The van der Waals surface area contributed by atoms with Crippen molar-refractivity contribution in [1.29, 1.82) is 0 Å². The van der Waals surface area contributed by atoms with Gasteiger partial charge in [-0.1, -0.05) is 17.8 Å². The average Bonchev–Trinajstić information content (AvgIpc) is 3.32. The van der Waals surface area contributed by atoms with Gasteiger partial charge in [-0.05, 0) is 61.7 Å². The van der Waals surface area contributed by atoms with Crippen LogP contribution in [0.5, 0.6) is 11.5 Å². The summed E-state index contributed by atoms with van der Waals surface area (Å²) in [6, 6.07) is 11.2. The lowest BCUT2D eigenvalue weighted by molar-refractivity contribution is -0.114. The van der Waals surface area contributed by atoms with Gasteiger partial charge in [-0.3, -0.25) is 9.59 Å². The zero-order chi connectivity index (χ0) is 22.0. The van der Waals surface area contributed by atoms with Crippen LogP contribution in [-0.2, 0) is 4.79 Å². The van der Waals surface area contributed by atoms with Crippen LogP contribution in [-0.4, -0.2) is 50.6 Å². The maximum Gasteiger partial charge on any atom is 0.264 e. The van der Waals surface area contributed by atoms with Crippen molar-refractivity contribution < 1.29 is 19.1 Å². The maximum atomic E-state index is 13.0. The highest BCUT2D eigenvalue weighted by atomic mass is 32.2. The fourth-order valence-electron chi connectivity index (χ4n) is 3.83. The molecule has 2 aromatic carbocycles. The van der Waals surface area contributed by atoms with Crippen LogP contribution in [0, 0.1) is 0 Å². The van der Waals surface area contributed by atoms with E-state index in [0.717, 1.165) is 42.1 Å². The van der Waals surface area contributed by atoms with Crippen molar-refractivity contribution in [3.05, 3.63) is 52.4 Å². The SMILES string of the molecule is CCOc1ccc(C=C2Sc3ccc(C(=O)N4CCCC4)cc3N(C)C2=O)cc1OC. The van der Waals surface area contributed by atoms with Crippen LogP contribution < -0.4 is 14.4 Å². The van der Waals surface area contributed by atoms with E-state index < -0.39 is 0 Å². The monoisotopic (exact) mass is 438 g/mol. The number of fused-ring (bicyclic) bond motifs is 1. The highest BCUT2D eigenvalue weighted by molar-refractivity contribution is 8.04. The first-order valence-corrected chi connectivity index (χ1v) is 11.2. The van der Waals surface area contributed by atoms with Gasteiger partial charge >= 0.3 is 0 Å². The molecule has 0 aromatic heterocycles. The third kappa shape index (κ3) is 4.28. The Morgan fingerprint density at radius 2 is 1.90 bits per heavy atom. The van der Waals surface area contributed by atoms with Gasteiger partial charge in [0.15, 0.2) is 11.5 Å². The molecule has 0 saturated carbocycles. The highest BCUT2D eigenvalue weighted by Gasteiger charge is 2.28. The number of hydrogen-bond acceptors (Lipinski definition) is 5. The summed E-state index contributed by atoms with van der Waals surface area (Å²) in [5.41, 5.74) is 2.25. The number of likely N-dealkylation sites (tertiary alicyclic amines) is 1. The molecule has 2 aliphatic heterocycles. The second kappa shape index (κ2) is 9.06. The Labute approximate surface area is 186 Å². The fourth-order valence-corrected chi connectivity index (χ4v) is 4.92. The summed E-state index contributed by atoms with van der Waals surface area (Å²) in [5.74, 6) is 1.24. The summed E-state index contributed by atoms with van der Waals surface area (Å²) in [7, 11) is 3.35. The minimum atomic E-state index is -0.101. The predicted molar refractivity (Wildman–Crippen MR) is 123 cm³/mol. The van der Waals surface area contributed by atoms with Gasteiger partial charge in [0.05, 0.1) is 24.3 Å². The number of likely N-dealkylation sites (N-methyl/N-ethyl adjacent to an activating group) is 1. The van der Waals surface area contributed by atoms with Crippen LogP contribution in [0.4, 0.5) is 5.69 Å². The zero-order valence-electron chi connectivity index (χ0n) is 18.0. The first-order valence-electron chi connectivity index (χ1n) is 10.4. The molecule has 0 bridgehead atoms. The van der Waals surface area contributed by atoms with E-state index >= 15 is 0 Å². The van der Waals surface area contributed by atoms with Crippen molar-refractivity contribution in [1.82, 2.24) is 4.90 Å². The third-order valence-electron chi connectivity index (χ3n) is 5.48. The van der Waals surface area contributed by atoms with Gasteiger partial charge in [-0.2, -0.15) is 0 Å². The molecule has 2 amide bonds. The smallest absolute Gasteiger partial charge is 0.264 e. The quantitative estimate of drug-likeness (QED) is 0.646. The zero-order valence-corrected chi connectivity index (χ0v) is 18.8. The number of ether oxygens (including phenoxy) is 2. The molecular formula is C24H26N2O4S. The molecule has 6 nitrogen and oxygen atoms in total. The Bertz CT molecular complexity index is 1040. The van der Waals surface area contributed by atoms with E-state index in [2.05, 4.69) is 0 Å². The van der Waals surface area contributed by atoms with E-state index in [9.17, 15) is 9.59 Å². The molecular weight excluding hydrogens is 412 g/mol. The van der Waals surface area contributed by atoms with Crippen LogP contribution in [0.3, 0.4) is 0 Å². The second-order valence-corrected chi connectivity index (χ2v) is 8.58. The van der Waals surface area contributed by atoms with E-state index in [1.165, 1.54) is 11.8 Å². The third-order valence-corrected chi connectivity index (χ3v) is 6.56. The first kappa shape index (κ1) is 21.3. The Kier molecular flexibility index (Phi) is 6.23. The Morgan fingerprint density at radius 1 is 1.13 bits per heavy atom. The van der Waals surface area contributed by atoms with Crippen LogP contribution in [0.1, 0.15) is 35.7 Å². The van der Waals surface area contributed by atoms with E-state index in [-0.39, 0.29) is 11.8 Å². The number of methoxy groups -OCH3 is 1. The Balaban J connectivity index is 1.61. The summed E-state index contributed by atoms with van der Waals surface area (Å²) >= 11 is 1.42. The molecule has 7 heteroatoms. The minimum Gasteiger partial charge on any atom is -0.493 e. The molecule has 1 fully saturated rings. The lowest BCUT2D eigenvalue weighted by Gasteiger charge is -2.28. The molecule has 0 spiro atoms. The minimum absolute atomic E-state index is 0.0361. The summed E-state index contributed by atoms with van der Waals surface area (Å²) in [4.78, 5) is 30.8. The fraction of sp³-hybridized carbons (Fsp3) is 0.333. The summed E-state index contributed by atoms with van der Waals surface area (Å²) in [6.07, 6.45) is 3.96. The van der Waals surface area contributed by atoms with Crippen molar-refractivity contribution in [2.75, 3.05) is 38.8 Å². The van der Waals surface area contributed by atoms with E-state index in [0.29, 0.717) is 28.6 Å².